The third-order valence-electron chi connectivity index (χ3n) is 5.00. The molecule has 0 atom stereocenters. The first-order valence-corrected chi connectivity index (χ1v) is 9.17. The fourth-order valence-electron chi connectivity index (χ4n) is 3.69. The summed E-state index contributed by atoms with van der Waals surface area (Å²) in [5, 5.41) is 11.4. The Morgan fingerprint density at radius 3 is 2.54 bits per heavy atom. The summed E-state index contributed by atoms with van der Waals surface area (Å²) in [5.41, 5.74) is 6.30. The second-order valence-corrected chi connectivity index (χ2v) is 6.79. The molecule has 3 nitrogen and oxygen atoms in total. The minimum Gasteiger partial charge on any atom is -0.455 e. The van der Waals surface area contributed by atoms with Crippen molar-refractivity contribution >= 4 is 21.9 Å². The van der Waals surface area contributed by atoms with Crippen LogP contribution in [0.2, 0.25) is 0 Å². The highest BCUT2D eigenvalue weighted by atomic mass is 16.3. The number of benzene rings is 3. The van der Waals surface area contributed by atoms with Crippen LogP contribution in [0.5, 0.6) is 0 Å². The molecule has 0 saturated heterocycles. The van der Waals surface area contributed by atoms with Crippen molar-refractivity contribution < 1.29 is 4.42 Å². The number of para-hydroxylation sites is 1. The van der Waals surface area contributed by atoms with Crippen molar-refractivity contribution in [1.82, 2.24) is 4.98 Å². The number of rotatable bonds is 3. The second-order valence-electron chi connectivity index (χ2n) is 6.79. The number of nitrogens with zero attached hydrogens (tertiary/aromatic N) is 2. The molecule has 5 rings (SSSR count). The predicted octanol–water partition coefficient (Wildman–Crippen LogP) is 6.11. The number of pyridine rings is 1. The van der Waals surface area contributed by atoms with Gasteiger partial charge in [0.05, 0.1) is 17.3 Å². The van der Waals surface area contributed by atoms with E-state index in [2.05, 4.69) is 41.4 Å². The van der Waals surface area contributed by atoms with Crippen LogP contribution in [0.25, 0.3) is 33.2 Å². The van der Waals surface area contributed by atoms with E-state index < -0.39 is 0 Å². The van der Waals surface area contributed by atoms with Gasteiger partial charge in [-0.2, -0.15) is 5.26 Å². The standard InChI is InChI=1S/C25H16N2O/c26-16-19-10-11-20(25-24(19)21-8-4-5-9-23(21)28-25)22-15-18(12-13-27-22)14-17-6-2-1-3-7-17/h1-13,15H,14H2. The van der Waals surface area contributed by atoms with Crippen molar-refractivity contribution in [3.8, 4) is 17.3 Å². The van der Waals surface area contributed by atoms with Crippen LogP contribution in [-0.4, -0.2) is 4.98 Å². The average Bonchev–Trinajstić information content (AvgIpc) is 3.14. The second kappa shape index (κ2) is 6.68. The molecular weight excluding hydrogens is 344 g/mol. The van der Waals surface area contributed by atoms with Gasteiger partial charge in [0.25, 0.3) is 0 Å². The quantitative estimate of drug-likeness (QED) is 0.390. The van der Waals surface area contributed by atoms with Gasteiger partial charge < -0.3 is 4.42 Å². The maximum atomic E-state index is 9.58. The summed E-state index contributed by atoms with van der Waals surface area (Å²) in [6.45, 7) is 0. The molecule has 0 unspecified atom stereocenters. The molecule has 0 saturated carbocycles. The summed E-state index contributed by atoms with van der Waals surface area (Å²) in [6.07, 6.45) is 2.68. The molecule has 0 fully saturated rings. The van der Waals surface area contributed by atoms with Gasteiger partial charge in [0, 0.05) is 22.5 Å². The number of nitriles is 1. The topological polar surface area (TPSA) is 49.8 Å². The van der Waals surface area contributed by atoms with Crippen LogP contribution in [0.1, 0.15) is 16.7 Å². The Kier molecular flexibility index (Phi) is 3.88. The summed E-state index contributed by atoms with van der Waals surface area (Å²) in [4.78, 5) is 4.58. The Labute approximate surface area is 162 Å². The lowest BCUT2D eigenvalue weighted by Crippen LogP contribution is -1.91. The molecule has 0 N–H and O–H groups in total. The Bertz CT molecular complexity index is 1340. The van der Waals surface area contributed by atoms with E-state index in [0.717, 1.165) is 34.0 Å². The molecule has 3 aromatic carbocycles. The van der Waals surface area contributed by atoms with E-state index in [0.29, 0.717) is 11.1 Å². The molecule has 0 amide bonds. The Hall–Kier alpha value is -3.90. The Morgan fingerprint density at radius 2 is 1.68 bits per heavy atom. The van der Waals surface area contributed by atoms with Gasteiger partial charge >= 0.3 is 0 Å². The number of fused-ring (bicyclic) bond motifs is 3. The Balaban J connectivity index is 1.68. The van der Waals surface area contributed by atoms with Gasteiger partial charge in [-0.05, 0) is 47.9 Å². The van der Waals surface area contributed by atoms with Gasteiger partial charge in [-0.25, -0.2) is 0 Å². The lowest BCUT2D eigenvalue weighted by molar-refractivity contribution is 0.669. The molecule has 0 bridgehead atoms. The number of aromatic nitrogens is 1. The maximum absolute atomic E-state index is 9.58. The monoisotopic (exact) mass is 360 g/mol. The zero-order chi connectivity index (χ0) is 18.9. The molecule has 0 spiro atoms. The molecule has 5 aromatic rings. The third kappa shape index (κ3) is 2.72. The molecule has 2 heterocycles. The van der Waals surface area contributed by atoms with Crippen LogP contribution < -0.4 is 0 Å². The summed E-state index contributed by atoms with van der Waals surface area (Å²) in [5.74, 6) is 0. The zero-order valence-electron chi connectivity index (χ0n) is 15.1. The molecule has 2 aromatic heterocycles. The van der Waals surface area contributed by atoms with Crippen LogP contribution in [0.15, 0.2) is 89.5 Å². The van der Waals surface area contributed by atoms with E-state index in [4.69, 9.17) is 4.42 Å². The van der Waals surface area contributed by atoms with Crippen LogP contribution in [-0.2, 0) is 6.42 Å². The van der Waals surface area contributed by atoms with E-state index in [1.165, 1.54) is 11.1 Å². The molecule has 3 heteroatoms. The van der Waals surface area contributed by atoms with Gasteiger partial charge in [-0.15, -0.1) is 0 Å². The van der Waals surface area contributed by atoms with Crippen molar-refractivity contribution in [2.45, 2.75) is 6.42 Å². The summed E-state index contributed by atoms with van der Waals surface area (Å²) < 4.78 is 6.15. The molecule has 0 aliphatic heterocycles. The largest absolute Gasteiger partial charge is 0.455 e. The van der Waals surface area contributed by atoms with Crippen molar-refractivity contribution in [3.05, 3.63) is 102 Å². The molecule has 0 radical (unpaired) electrons. The summed E-state index contributed by atoms with van der Waals surface area (Å²) >= 11 is 0. The van der Waals surface area contributed by atoms with E-state index in [1.807, 2.05) is 54.7 Å². The first kappa shape index (κ1) is 16.3. The van der Waals surface area contributed by atoms with Gasteiger partial charge in [0.2, 0.25) is 0 Å². The number of hydrogen-bond donors (Lipinski definition) is 0. The van der Waals surface area contributed by atoms with E-state index in [1.54, 1.807) is 0 Å². The lowest BCUT2D eigenvalue weighted by atomic mass is 9.99. The van der Waals surface area contributed by atoms with Crippen LogP contribution in [0.4, 0.5) is 0 Å². The van der Waals surface area contributed by atoms with Crippen molar-refractivity contribution in [2.24, 2.45) is 0 Å². The fraction of sp³-hybridized carbons (Fsp3) is 0.0400. The van der Waals surface area contributed by atoms with Gasteiger partial charge in [-0.3, -0.25) is 4.98 Å². The first-order valence-electron chi connectivity index (χ1n) is 9.17. The highest BCUT2D eigenvalue weighted by molar-refractivity contribution is 6.11. The maximum Gasteiger partial charge on any atom is 0.146 e. The van der Waals surface area contributed by atoms with Crippen molar-refractivity contribution in [3.63, 3.8) is 0 Å². The first-order chi connectivity index (χ1) is 13.8. The molecule has 28 heavy (non-hydrogen) atoms. The van der Waals surface area contributed by atoms with Gasteiger partial charge in [0.1, 0.15) is 11.2 Å². The normalized spacial score (nSPS) is 11.0. The van der Waals surface area contributed by atoms with E-state index in [9.17, 15) is 5.26 Å². The van der Waals surface area contributed by atoms with Gasteiger partial charge in [0.15, 0.2) is 0 Å². The van der Waals surface area contributed by atoms with Crippen LogP contribution in [0, 0.1) is 11.3 Å². The minimum atomic E-state index is 0.615. The molecular formula is C25H16N2O. The minimum absolute atomic E-state index is 0.615. The van der Waals surface area contributed by atoms with E-state index >= 15 is 0 Å². The number of furan rings is 1. The third-order valence-corrected chi connectivity index (χ3v) is 5.00. The molecule has 0 aliphatic carbocycles. The summed E-state index contributed by atoms with van der Waals surface area (Å²) in [6, 6.07) is 28.4. The molecule has 0 aliphatic rings. The van der Waals surface area contributed by atoms with Crippen LogP contribution in [0.3, 0.4) is 0 Å². The zero-order valence-corrected chi connectivity index (χ0v) is 15.1. The highest BCUT2D eigenvalue weighted by Crippen LogP contribution is 2.37. The molecule has 132 valence electrons. The Morgan fingerprint density at radius 1 is 0.857 bits per heavy atom. The van der Waals surface area contributed by atoms with Crippen molar-refractivity contribution in [2.75, 3.05) is 0 Å². The lowest BCUT2D eigenvalue weighted by Gasteiger charge is -2.06. The summed E-state index contributed by atoms with van der Waals surface area (Å²) in [7, 11) is 0. The van der Waals surface area contributed by atoms with Crippen LogP contribution >= 0.6 is 0 Å². The smallest absolute Gasteiger partial charge is 0.146 e. The number of hydrogen-bond acceptors (Lipinski definition) is 3. The fourth-order valence-corrected chi connectivity index (χ4v) is 3.69. The van der Waals surface area contributed by atoms with E-state index in [-0.39, 0.29) is 0 Å². The van der Waals surface area contributed by atoms with Crippen molar-refractivity contribution in [1.29, 1.82) is 5.26 Å². The van der Waals surface area contributed by atoms with Gasteiger partial charge in [-0.1, -0.05) is 48.5 Å². The predicted molar refractivity (Wildman–Crippen MR) is 111 cm³/mol. The highest BCUT2D eigenvalue weighted by Gasteiger charge is 2.16. The average molecular weight is 360 g/mol. The SMILES string of the molecule is N#Cc1ccc(-c2cc(Cc3ccccc3)ccn2)c2oc3ccccc3c12.